The number of carbonyl (C=O) groups excluding carboxylic acids is 1. The van der Waals surface area contributed by atoms with Gasteiger partial charge in [0.15, 0.2) is 0 Å². The van der Waals surface area contributed by atoms with Crippen molar-refractivity contribution in [3.8, 4) is 0 Å². The Morgan fingerprint density at radius 3 is 2.59 bits per heavy atom. The summed E-state index contributed by atoms with van der Waals surface area (Å²) in [5.74, 6) is 0.0504. The number of rotatable bonds is 1. The van der Waals surface area contributed by atoms with Crippen LogP contribution in [0, 0.1) is 0 Å². The fourth-order valence-electron chi connectivity index (χ4n) is 1.91. The molecule has 1 amide bonds. The smallest absolute Gasteiger partial charge is 0.253 e. The monoisotopic (exact) mass is 274 g/mol. The molecule has 5 heteroatoms. The topological polar surface area (TPSA) is 46.3 Å². The van der Waals surface area contributed by atoms with Gasteiger partial charge in [-0.25, -0.2) is 0 Å². The molecule has 0 aliphatic carbocycles. The highest BCUT2D eigenvalue weighted by molar-refractivity contribution is 6.30. The molecular weight excluding hydrogens is 259 g/mol. The van der Waals surface area contributed by atoms with Crippen LogP contribution in [-0.4, -0.2) is 29.9 Å². The summed E-state index contributed by atoms with van der Waals surface area (Å²) in [6, 6.07) is 7.31. The first-order valence-electron chi connectivity index (χ1n) is 5.47. The second-order valence-electron chi connectivity index (χ2n) is 4.14. The van der Waals surface area contributed by atoms with Crippen LogP contribution in [0.1, 0.15) is 23.2 Å². The van der Waals surface area contributed by atoms with E-state index in [1.807, 2.05) is 4.90 Å². The van der Waals surface area contributed by atoms with Gasteiger partial charge in [0.25, 0.3) is 5.91 Å². The van der Waals surface area contributed by atoms with E-state index in [4.69, 9.17) is 17.3 Å². The quantitative estimate of drug-likeness (QED) is 0.855. The summed E-state index contributed by atoms with van der Waals surface area (Å²) in [6.07, 6.45) is 1.76. The van der Waals surface area contributed by atoms with E-state index in [0.717, 1.165) is 25.9 Å². The molecule has 17 heavy (non-hydrogen) atoms. The van der Waals surface area contributed by atoms with Gasteiger partial charge in [0.2, 0.25) is 0 Å². The van der Waals surface area contributed by atoms with E-state index >= 15 is 0 Å². The molecule has 0 atom stereocenters. The van der Waals surface area contributed by atoms with E-state index in [2.05, 4.69) is 0 Å². The van der Waals surface area contributed by atoms with Crippen LogP contribution in [0.5, 0.6) is 0 Å². The molecule has 2 rings (SSSR count). The fraction of sp³-hybridized carbons (Fsp3) is 0.417. The van der Waals surface area contributed by atoms with Crippen molar-refractivity contribution in [2.24, 2.45) is 5.73 Å². The summed E-state index contributed by atoms with van der Waals surface area (Å²) in [5, 5.41) is 0.597. The summed E-state index contributed by atoms with van der Waals surface area (Å²) in [6.45, 7) is 1.49. The third kappa shape index (κ3) is 3.60. The fourth-order valence-corrected chi connectivity index (χ4v) is 2.10. The first-order chi connectivity index (χ1) is 7.66. The van der Waals surface area contributed by atoms with Crippen LogP contribution in [0.4, 0.5) is 0 Å². The highest BCUT2D eigenvalue weighted by Crippen LogP contribution is 2.15. The Balaban J connectivity index is 0.00000144. The molecule has 1 aliphatic rings. The third-order valence-electron chi connectivity index (χ3n) is 2.90. The predicted molar refractivity (Wildman–Crippen MR) is 71.8 cm³/mol. The average Bonchev–Trinajstić information content (AvgIpc) is 2.29. The molecule has 1 aromatic rings. The maximum absolute atomic E-state index is 12.1. The van der Waals surface area contributed by atoms with E-state index in [1.54, 1.807) is 24.3 Å². The van der Waals surface area contributed by atoms with Crippen molar-refractivity contribution in [1.29, 1.82) is 0 Å². The number of likely N-dealkylation sites (tertiary alicyclic amines) is 1. The van der Waals surface area contributed by atoms with Crippen molar-refractivity contribution in [3.63, 3.8) is 0 Å². The molecule has 0 unspecified atom stereocenters. The molecule has 94 valence electrons. The molecule has 1 heterocycles. The first kappa shape index (κ1) is 14.3. The van der Waals surface area contributed by atoms with E-state index in [1.165, 1.54) is 0 Å². The van der Waals surface area contributed by atoms with Crippen LogP contribution in [0.25, 0.3) is 0 Å². The van der Waals surface area contributed by atoms with Crippen molar-refractivity contribution >= 4 is 29.9 Å². The average molecular weight is 275 g/mol. The van der Waals surface area contributed by atoms with Crippen LogP contribution in [0.3, 0.4) is 0 Å². The number of amides is 1. The van der Waals surface area contributed by atoms with Gasteiger partial charge in [-0.2, -0.15) is 0 Å². The van der Waals surface area contributed by atoms with Crippen LogP contribution < -0.4 is 5.73 Å². The molecule has 0 radical (unpaired) electrons. The van der Waals surface area contributed by atoms with Crippen molar-refractivity contribution in [2.75, 3.05) is 13.1 Å². The van der Waals surface area contributed by atoms with Crippen LogP contribution in [0.2, 0.25) is 5.02 Å². The Morgan fingerprint density at radius 1 is 1.35 bits per heavy atom. The van der Waals surface area contributed by atoms with Crippen LogP contribution in [-0.2, 0) is 0 Å². The molecule has 0 aromatic heterocycles. The zero-order chi connectivity index (χ0) is 11.5. The highest BCUT2D eigenvalue weighted by Gasteiger charge is 2.21. The minimum Gasteiger partial charge on any atom is -0.339 e. The van der Waals surface area contributed by atoms with Gasteiger partial charge in [-0.15, -0.1) is 12.4 Å². The molecule has 0 saturated carbocycles. The van der Waals surface area contributed by atoms with Crippen molar-refractivity contribution in [3.05, 3.63) is 34.9 Å². The summed E-state index contributed by atoms with van der Waals surface area (Å²) in [5.41, 5.74) is 6.46. The molecule has 0 bridgehead atoms. The summed E-state index contributed by atoms with van der Waals surface area (Å²) >= 11 is 5.86. The maximum Gasteiger partial charge on any atom is 0.253 e. The van der Waals surface area contributed by atoms with Crippen LogP contribution in [0.15, 0.2) is 24.3 Å². The molecule has 2 N–H and O–H groups in total. The van der Waals surface area contributed by atoms with Gasteiger partial charge in [-0.1, -0.05) is 17.7 Å². The Labute approximate surface area is 112 Å². The number of piperidine rings is 1. The number of nitrogens with zero attached hydrogens (tertiary/aromatic N) is 1. The lowest BCUT2D eigenvalue weighted by molar-refractivity contribution is 0.0715. The SMILES string of the molecule is Cl.NC1CCN(C(=O)c2cccc(Cl)c2)CC1. The minimum absolute atomic E-state index is 0. The van der Waals surface area contributed by atoms with E-state index in [-0.39, 0.29) is 24.4 Å². The van der Waals surface area contributed by atoms with E-state index in [0.29, 0.717) is 10.6 Å². The second kappa shape index (κ2) is 6.24. The molecular formula is C12H16Cl2N2O. The molecule has 0 spiro atoms. The third-order valence-corrected chi connectivity index (χ3v) is 3.13. The summed E-state index contributed by atoms with van der Waals surface area (Å²) in [4.78, 5) is 13.9. The van der Waals surface area contributed by atoms with Crippen molar-refractivity contribution in [1.82, 2.24) is 4.90 Å². The van der Waals surface area contributed by atoms with Gasteiger partial charge in [0.05, 0.1) is 0 Å². The summed E-state index contributed by atoms with van der Waals surface area (Å²) < 4.78 is 0. The Bertz CT molecular complexity index is 390. The maximum atomic E-state index is 12.1. The largest absolute Gasteiger partial charge is 0.339 e. The van der Waals surface area contributed by atoms with Gasteiger partial charge in [0.1, 0.15) is 0 Å². The standard InChI is InChI=1S/C12H15ClN2O.ClH/c13-10-3-1-2-9(8-10)12(16)15-6-4-11(14)5-7-15;/h1-3,8,11H,4-7,14H2;1H. The second-order valence-corrected chi connectivity index (χ2v) is 4.58. The number of hydrogen-bond acceptors (Lipinski definition) is 2. The molecule has 1 saturated heterocycles. The molecule has 1 aromatic carbocycles. The first-order valence-corrected chi connectivity index (χ1v) is 5.85. The Morgan fingerprint density at radius 2 is 2.00 bits per heavy atom. The van der Waals surface area contributed by atoms with E-state index in [9.17, 15) is 4.79 Å². The van der Waals surface area contributed by atoms with Gasteiger partial charge in [0, 0.05) is 29.7 Å². The van der Waals surface area contributed by atoms with Gasteiger partial charge in [-0.3, -0.25) is 4.79 Å². The molecule has 3 nitrogen and oxygen atoms in total. The zero-order valence-corrected chi connectivity index (χ0v) is 11.0. The normalized spacial score (nSPS) is 16.5. The molecule has 1 aliphatic heterocycles. The number of halogens is 2. The lowest BCUT2D eigenvalue weighted by Crippen LogP contribution is -2.42. The number of benzene rings is 1. The molecule has 1 fully saturated rings. The zero-order valence-electron chi connectivity index (χ0n) is 9.43. The van der Waals surface area contributed by atoms with Crippen LogP contribution >= 0.6 is 24.0 Å². The van der Waals surface area contributed by atoms with Gasteiger partial charge < -0.3 is 10.6 Å². The lowest BCUT2D eigenvalue weighted by atomic mass is 10.1. The van der Waals surface area contributed by atoms with Gasteiger partial charge in [-0.05, 0) is 31.0 Å². The van der Waals surface area contributed by atoms with Crippen molar-refractivity contribution < 1.29 is 4.79 Å². The minimum atomic E-state index is 0. The number of carbonyl (C=O) groups is 1. The highest BCUT2D eigenvalue weighted by atomic mass is 35.5. The van der Waals surface area contributed by atoms with E-state index < -0.39 is 0 Å². The lowest BCUT2D eigenvalue weighted by Gasteiger charge is -2.30. The van der Waals surface area contributed by atoms with Gasteiger partial charge >= 0.3 is 0 Å². The predicted octanol–water partition coefficient (Wildman–Crippen LogP) is 2.33. The summed E-state index contributed by atoms with van der Waals surface area (Å²) in [7, 11) is 0. The number of nitrogens with two attached hydrogens (primary N) is 1. The number of hydrogen-bond donors (Lipinski definition) is 1. The Hall–Kier alpha value is -0.770. The Kier molecular flexibility index (Phi) is 5.25. The van der Waals surface area contributed by atoms with Crippen molar-refractivity contribution in [2.45, 2.75) is 18.9 Å².